The molecule has 0 amide bonds. The van der Waals surface area contributed by atoms with E-state index in [-0.39, 0.29) is 5.92 Å². The predicted molar refractivity (Wildman–Crippen MR) is 113 cm³/mol. The zero-order valence-corrected chi connectivity index (χ0v) is 17.9. The zero-order valence-electron chi connectivity index (χ0n) is 17.1. The first-order valence-electron chi connectivity index (χ1n) is 10.1. The van der Waals surface area contributed by atoms with E-state index < -0.39 is 10.0 Å². The molecule has 0 spiro atoms. The molecule has 0 bridgehead atoms. The van der Waals surface area contributed by atoms with Crippen molar-refractivity contribution in [2.24, 2.45) is 0 Å². The molecule has 8 heteroatoms. The molecule has 3 aromatic rings. The van der Waals surface area contributed by atoms with E-state index in [0.29, 0.717) is 49.1 Å². The molecule has 0 aliphatic carbocycles. The summed E-state index contributed by atoms with van der Waals surface area (Å²) in [4.78, 5) is 4.88. The Morgan fingerprint density at radius 2 is 1.73 bits per heavy atom. The molecule has 0 radical (unpaired) electrons. The molecule has 2 aromatic carbocycles. The number of aromatic nitrogens is 2. The lowest BCUT2D eigenvalue weighted by Crippen LogP contribution is -2.37. The summed E-state index contributed by atoms with van der Waals surface area (Å²) >= 11 is 0. The Hall–Kier alpha value is -2.71. The molecule has 1 aliphatic rings. The minimum Gasteiger partial charge on any atom is -0.494 e. The van der Waals surface area contributed by atoms with Gasteiger partial charge in [0.25, 0.3) is 0 Å². The van der Waals surface area contributed by atoms with E-state index in [1.807, 2.05) is 50.2 Å². The van der Waals surface area contributed by atoms with Gasteiger partial charge in [0, 0.05) is 24.6 Å². The van der Waals surface area contributed by atoms with Crippen LogP contribution in [0, 0.1) is 6.92 Å². The van der Waals surface area contributed by atoms with Gasteiger partial charge in [0.1, 0.15) is 5.75 Å². The molecule has 1 fully saturated rings. The van der Waals surface area contributed by atoms with Crippen molar-refractivity contribution in [3.63, 3.8) is 0 Å². The molecule has 158 valence electrons. The lowest BCUT2D eigenvalue weighted by atomic mass is 9.98. The second kappa shape index (κ2) is 8.57. The van der Waals surface area contributed by atoms with Crippen molar-refractivity contribution in [2.75, 3.05) is 19.7 Å². The van der Waals surface area contributed by atoms with Crippen LogP contribution >= 0.6 is 0 Å². The summed E-state index contributed by atoms with van der Waals surface area (Å²) in [5, 5.41) is 4.10. The van der Waals surface area contributed by atoms with Gasteiger partial charge in [-0.05, 0) is 63.1 Å². The normalized spacial score (nSPS) is 15.9. The van der Waals surface area contributed by atoms with Crippen molar-refractivity contribution in [3.8, 4) is 17.1 Å². The molecule has 1 aliphatic heterocycles. The second-order valence-corrected chi connectivity index (χ2v) is 9.34. The molecule has 7 nitrogen and oxygen atoms in total. The fraction of sp³-hybridized carbons (Fsp3) is 0.364. The summed E-state index contributed by atoms with van der Waals surface area (Å²) in [7, 11) is -3.48. The Balaban J connectivity index is 1.41. The van der Waals surface area contributed by atoms with Crippen LogP contribution < -0.4 is 4.74 Å². The maximum absolute atomic E-state index is 12.9. The SMILES string of the molecule is CCOc1ccc(-c2noc(C3CCN(S(=O)(=O)c4ccc(C)cc4)CC3)n2)cc1. The first-order chi connectivity index (χ1) is 14.5. The number of sulfonamides is 1. The summed E-state index contributed by atoms with van der Waals surface area (Å²) in [5.41, 5.74) is 1.89. The van der Waals surface area contributed by atoms with Gasteiger partial charge in [-0.25, -0.2) is 8.42 Å². The van der Waals surface area contributed by atoms with Gasteiger partial charge in [0.2, 0.25) is 21.7 Å². The van der Waals surface area contributed by atoms with Crippen molar-refractivity contribution in [1.29, 1.82) is 0 Å². The van der Waals surface area contributed by atoms with Crippen LogP contribution in [0.4, 0.5) is 0 Å². The third-order valence-electron chi connectivity index (χ3n) is 5.33. The number of ether oxygens (including phenoxy) is 1. The van der Waals surface area contributed by atoms with E-state index in [0.717, 1.165) is 16.9 Å². The highest BCUT2D eigenvalue weighted by atomic mass is 32.2. The molecule has 0 N–H and O–H groups in total. The molecular formula is C22H25N3O4S. The lowest BCUT2D eigenvalue weighted by Gasteiger charge is -2.29. The van der Waals surface area contributed by atoms with Crippen molar-refractivity contribution < 1.29 is 17.7 Å². The largest absolute Gasteiger partial charge is 0.494 e. The monoisotopic (exact) mass is 427 g/mol. The van der Waals surface area contributed by atoms with Gasteiger partial charge in [-0.2, -0.15) is 9.29 Å². The minimum absolute atomic E-state index is 0.0541. The third kappa shape index (κ3) is 4.24. The van der Waals surface area contributed by atoms with Crippen LogP contribution in [0.15, 0.2) is 57.9 Å². The maximum Gasteiger partial charge on any atom is 0.243 e. The molecule has 0 unspecified atom stereocenters. The fourth-order valence-electron chi connectivity index (χ4n) is 3.59. The zero-order chi connectivity index (χ0) is 21.1. The number of piperidine rings is 1. The van der Waals surface area contributed by atoms with Gasteiger partial charge in [-0.3, -0.25) is 0 Å². The van der Waals surface area contributed by atoms with E-state index >= 15 is 0 Å². The maximum atomic E-state index is 12.9. The third-order valence-corrected chi connectivity index (χ3v) is 7.24. The summed E-state index contributed by atoms with van der Waals surface area (Å²) in [6.07, 6.45) is 1.30. The van der Waals surface area contributed by atoms with E-state index in [4.69, 9.17) is 9.26 Å². The Morgan fingerprint density at radius 1 is 1.07 bits per heavy atom. The highest BCUT2D eigenvalue weighted by Gasteiger charge is 2.32. The van der Waals surface area contributed by atoms with Crippen LogP contribution in [-0.2, 0) is 10.0 Å². The average molecular weight is 428 g/mol. The summed E-state index contributed by atoms with van der Waals surface area (Å²) in [6, 6.07) is 14.5. The minimum atomic E-state index is -3.48. The van der Waals surface area contributed by atoms with E-state index in [2.05, 4.69) is 10.1 Å². The highest BCUT2D eigenvalue weighted by molar-refractivity contribution is 7.89. The van der Waals surface area contributed by atoms with Crippen molar-refractivity contribution in [3.05, 3.63) is 60.0 Å². The smallest absolute Gasteiger partial charge is 0.243 e. The van der Waals surface area contributed by atoms with Crippen LogP contribution in [0.25, 0.3) is 11.4 Å². The van der Waals surface area contributed by atoms with Crippen LogP contribution in [-0.4, -0.2) is 42.6 Å². The van der Waals surface area contributed by atoms with Crippen LogP contribution in [0.2, 0.25) is 0 Å². The van der Waals surface area contributed by atoms with Crippen LogP contribution in [0.3, 0.4) is 0 Å². The molecule has 4 rings (SSSR count). The molecule has 30 heavy (non-hydrogen) atoms. The number of nitrogens with zero attached hydrogens (tertiary/aromatic N) is 3. The Morgan fingerprint density at radius 3 is 2.37 bits per heavy atom. The van der Waals surface area contributed by atoms with Crippen LogP contribution in [0.5, 0.6) is 5.75 Å². The molecule has 1 saturated heterocycles. The van der Waals surface area contributed by atoms with Gasteiger partial charge < -0.3 is 9.26 Å². The first-order valence-corrected chi connectivity index (χ1v) is 11.5. The molecular weight excluding hydrogens is 402 g/mol. The van der Waals surface area contributed by atoms with Crippen molar-refractivity contribution in [1.82, 2.24) is 14.4 Å². The topological polar surface area (TPSA) is 85.5 Å². The predicted octanol–water partition coefficient (Wildman–Crippen LogP) is 4.01. The molecule has 0 atom stereocenters. The van der Waals surface area contributed by atoms with Crippen LogP contribution in [0.1, 0.15) is 37.1 Å². The fourth-order valence-corrected chi connectivity index (χ4v) is 5.06. The average Bonchev–Trinajstić information content (AvgIpc) is 3.25. The van der Waals surface area contributed by atoms with Gasteiger partial charge >= 0.3 is 0 Å². The number of aryl methyl sites for hydroxylation is 1. The number of hydrogen-bond acceptors (Lipinski definition) is 6. The Labute approximate surface area is 176 Å². The number of rotatable bonds is 6. The number of hydrogen-bond donors (Lipinski definition) is 0. The Bertz CT molecular complexity index is 1080. The van der Waals surface area contributed by atoms with E-state index in [1.54, 1.807) is 12.1 Å². The molecule has 2 heterocycles. The standard InChI is InChI=1S/C22H25N3O4S/c1-3-28-19-8-6-17(7-9-19)21-23-22(29-24-21)18-12-14-25(15-13-18)30(26,27)20-10-4-16(2)5-11-20/h4-11,18H,3,12-15H2,1-2H3. The lowest BCUT2D eigenvalue weighted by molar-refractivity contribution is 0.271. The van der Waals surface area contributed by atoms with Crippen molar-refractivity contribution >= 4 is 10.0 Å². The van der Waals surface area contributed by atoms with Crippen molar-refractivity contribution in [2.45, 2.75) is 37.5 Å². The van der Waals surface area contributed by atoms with Gasteiger partial charge in [-0.1, -0.05) is 22.9 Å². The second-order valence-electron chi connectivity index (χ2n) is 7.41. The summed E-state index contributed by atoms with van der Waals surface area (Å²) in [5.74, 6) is 1.94. The Kier molecular flexibility index (Phi) is 5.87. The van der Waals surface area contributed by atoms with E-state index in [1.165, 1.54) is 4.31 Å². The quantitative estimate of drug-likeness (QED) is 0.591. The molecule has 0 saturated carbocycles. The summed E-state index contributed by atoms with van der Waals surface area (Å²) < 4.78 is 38.2. The number of benzene rings is 2. The van der Waals surface area contributed by atoms with E-state index in [9.17, 15) is 8.42 Å². The highest BCUT2D eigenvalue weighted by Crippen LogP contribution is 2.31. The van der Waals surface area contributed by atoms with Gasteiger partial charge in [0.15, 0.2) is 0 Å². The van der Waals surface area contributed by atoms with Gasteiger partial charge in [-0.15, -0.1) is 0 Å². The van der Waals surface area contributed by atoms with Gasteiger partial charge in [0.05, 0.1) is 11.5 Å². The molecule has 1 aromatic heterocycles. The first kappa shape index (κ1) is 20.6. The summed E-state index contributed by atoms with van der Waals surface area (Å²) in [6.45, 7) is 5.36.